The maximum Gasteiger partial charge on any atom is 0.0731 e. The summed E-state index contributed by atoms with van der Waals surface area (Å²) in [6.07, 6.45) is 13.8. The fraction of sp³-hybridized carbons (Fsp3) is 0.133. The van der Waals surface area contributed by atoms with E-state index >= 15 is 0 Å². The van der Waals surface area contributed by atoms with Gasteiger partial charge in [0, 0.05) is 46.9 Å². The van der Waals surface area contributed by atoms with E-state index in [0.29, 0.717) is 0 Å². The molecule has 3 heteroatoms. The number of pyridine rings is 3. The van der Waals surface area contributed by atoms with Gasteiger partial charge in [0.05, 0.1) is 11.4 Å². The molecule has 9 rings (SSSR count). The Morgan fingerprint density at radius 2 is 1.04 bits per heavy atom. The molecule has 0 saturated heterocycles. The lowest BCUT2D eigenvalue weighted by Gasteiger charge is -2.37. The Bertz CT molecular complexity index is 2190. The summed E-state index contributed by atoms with van der Waals surface area (Å²) >= 11 is 0. The summed E-state index contributed by atoms with van der Waals surface area (Å²) < 4.78 is 0. The number of aromatic nitrogens is 3. The van der Waals surface area contributed by atoms with E-state index < -0.39 is 0 Å². The fourth-order valence-electron chi connectivity index (χ4n) is 8.22. The van der Waals surface area contributed by atoms with Gasteiger partial charge in [-0.3, -0.25) is 9.97 Å². The third-order valence-electron chi connectivity index (χ3n) is 10.4. The molecule has 1 spiro atoms. The van der Waals surface area contributed by atoms with Crippen molar-refractivity contribution in [1.29, 1.82) is 0 Å². The molecule has 230 valence electrons. The number of benzene rings is 4. The third kappa shape index (κ3) is 4.86. The highest BCUT2D eigenvalue weighted by Gasteiger charge is 2.45. The Hall–Kier alpha value is -5.67. The van der Waals surface area contributed by atoms with Crippen LogP contribution in [0.5, 0.6) is 0 Å². The normalized spacial score (nSPS) is 14.4. The molecule has 3 heterocycles. The molecule has 0 amide bonds. The van der Waals surface area contributed by atoms with E-state index in [1.165, 1.54) is 71.0 Å². The summed E-state index contributed by atoms with van der Waals surface area (Å²) in [6, 6.07) is 46.4. The molecular formula is C45H35N3. The quantitative estimate of drug-likeness (QED) is 0.193. The van der Waals surface area contributed by atoms with Gasteiger partial charge in [-0.05, 0) is 99.3 Å². The molecule has 3 aromatic heterocycles. The summed E-state index contributed by atoms with van der Waals surface area (Å²) in [5.41, 5.74) is 17.1. The SMILES string of the molecule is c1cncc(-c2cc(-c3cccnc3)nc(-c3cccc(-c4ccc(-c5cccc6c5C5(CCCCC5)c5ccccc5-6)cc4)c3)c2)c1. The Balaban J connectivity index is 1.09. The second-order valence-corrected chi connectivity index (χ2v) is 13.2. The summed E-state index contributed by atoms with van der Waals surface area (Å²) in [5.74, 6) is 0. The molecule has 0 aliphatic heterocycles. The maximum absolute atomic E-state index is 5.12. The molecule has 0 N–H and O–H groups in total. The molecule has 0 radical (unpaired) electrons. The lowest BCUT2D eigenvalue weighted by atomic mass is 9.66. The molecule has 7 aromatic rings. The van der Waals surface area contributed by atoms with Gasteiger partial charge in [-0.2, -0.15) is 0 Å². The Kier molecular flexibility index (Phi) is 7.04. The van der Waals surface area contributed by atoms with E-state index in [-0.39, 0.29) is 5.41 Å². The van der Waals surface area contributed by atoms with Crippen molar-refractivity contribution in [3.05, 3.63) is 163 Å². The van der Waals surface area contributed by atoms with Crippen molar-refractivity contribution in [2.75, 3.05) is 0 Å². The average Bonchev–Trinajstić information content (AvgIpc) is 3.44. The molecule has 0 unspecified atom stereocenters. The first-order valence-electron chi connectivity index (χ1n) is 17.0. The third-order valence-corrected chi connectivity index (χ3v) is 10.4. The van der Waals surface area contributed by atoms with E-state index in [0.717, 1.165) is 33.6 Å². The van der Waals surface area contributed by atoms with Crippen LogP contribution in [0, 0.1) is 0 Å². The van der Waals surface area contributed by atoms with Gasteiger partial charge in [0.15, 0.2) is 0 Å². The number of fused-ring (bicyclic) bond motifs is 5. The number of hydrogen-bond acceptors (Lipinski definition) is 3. The van der Waals surface area contributed by atoms with Gasteiger partial charge in [-0.25, -0.2) is 4.98 Å². The first-order valence-corrected chi connectivity index (χ1v) is 17.0. The number of nitrogens with zero attached hydrogens (tertiary/aromatic N) is 3. The van der Waals surface area contributed by atoms with Crippen LogP contribution in [0.4, 0.5) is 0 Å². The van der Waals surface area contributed by atoms with Gasteiger partial charge in [0.25, 0.3) is 0 Å². The van der Waals surface area contributed by atoms with Gasteiger partial charge in [-0.1, -0.05) is 110 Å². The fourth-order valence-corrected chi connectivity index (χ4v) is 8.22. The first kappa shape index (κ1) is 28.5. The first-order chi connectivity index (χ1) is 23.8. The lowest BCUT2D eigenvalue weighted by molar-refractivity contribution is 0.353. The highest BCUT2D eigenvalue weighted by Crippen LogP contribution is 2.58. The van der Waals surface area contributed by atoms with Crippen molar-refractivity contribution in [3.8, 4) is 67.0 Å². The zero-order valence-corrected chi connectivity index (χ0v) is 26.8. The van der Waals surface area contributed by atoms with Crippen molar-refractivity contribution in [3.63, 3.8) is 0 Å². The predicted octanol–water partition coefficient (Wildman–Crippen LogP) is 11.4. The van der Waals surface area contributed by atoms with Crippen LogP contribution in [0.2, 0.25) is 0 Å². The standard InChI is InChI=1S/C45H35N3/c1-4-22-45(23-5-1)41-17-3-2-14-39(41)40-16-7-15-38(44(40)45)32-20-18-31(19-21-32)33-10-6-11-34(26-33)42-27-37(35-12-8-24-46-29-35)28-43(48-42)36-13-9-25-47-30-36/h2-3,6-21,24-30H,1,4-5,22-23H2. The molecule has 4 aromatic carbocycles. The van der Waals surface area contributed by atoms with E-state index in [4.69, 9.17) is 4.98 Å². The van der Waals surface area contributed by atoms with Gasteiger partial charge in [0.2, 0.25) is 0 Å². The van der Waals surface area contributed by atoms with Crippen LogP contribution in [0.25, 0.3) is 67.0 Å². The summed E-state index contributed by atoms with van der Waals surface area (Å²) in [6.45, 7) is 0. The number of hydrogen-bond donors (Lipinski definition) is 0. The molecule has 0 atom stereocenters. The zero-order chi connectivity index (χ0) is 31.9. The van der Waals surface area contributed by atoms with E-state index in [9.17, 15) is 0 Å². The smallest absolute Gasteiger partial charge is 0.0731 e. The molecule has 1 fully saturated rings. The van der Waals surface area contributed by atoms with Crippen molar-refractivity contribution < 1.29 is 0 Å². The Morgan fingerprint density at radius 1 is 0.417 bits per heavy atom. The molecule has 1 saturated carbocycles. The van der Waals surface area contributed by atoms with E-state index in [2.05, 4.69) is 125 Å². The van der Waals surface area contributed by atoms with Crippen molar-refractivity contribution in [2.45, 2.75) is 37.5 Å². The minimum absolute atomic E-state index is 0.125. The van der Waals surface area contributed by atoms with Crippen LogP contribution < -0.4 is 0 Å². The monoisotopic (exact) mass is 617 g/mol. The second kappa shape index (κ2) is 11.8. The summed E-state index contributed by atoms with van der Waals surface area (Å²) in [5, 5.41) is 0. The van der Waals surface area contributed by atoms with Crippen molar-refractivity contribution in [2.24, 2.45) is 0 Å². The van der Waals surface area contributed by atoms with Crippen LogP contribution in [0.1, 0.15) is 43.2 Å². The van der Waals surface area contributed by atoms with Crippen LogP contribution in [-0.2, 0) is 5.41 Å². The van der Waals surface area contributed by atoms with Crippen LogP contribution >= 0.6 is 0 Å². The summed E-state index contributed by atoms with van der Waals surface area (Å²) in [4.78, 5) is 13.8. The topological polar surface area (TPSA) is 38.7 Å². The average molecular weight is 618 g/mol. The minimum Gasteiger partial charge on any atom is -0.264 e. The molecule has 2 aliphatic carbocycles. The summed E-state index contributed by atoms with van der Waals surface area (Å²) in [7, 11) is 0. The van der Waals surface area contributed by atoms with Gasteiger partial charge in [-0.15, -0.1) is 0 Å². The maximum atomic E-state index is 5.12. The molecule has 2 aliphatic rings. The van der Waals surface area contributed by atoms with E-state index in [1.54, 1.807) is 18.0 Å². The molecule has 3 nitrogen and oxygen atoms in total. The Morgan fingerprint density at radius 3 is 1.81 bits per heavy atom. The lowest BCUT2D eigenvalue weighted by Crippen LogP contribution is -2.28. The van der Waals surface area contributed by atoms with Gasteiger partial charge >= 0.3 is 0 Å². The minimum atomic E-state index is 0.125. The largest absolute Gasteiger partial charge is 0.264 e. The van der Waals surface area contributed by atoms with Crippen molar-refractivity contribution >= 4 is 0 Å². The second-order valence-electron chi connectivity index (χ2n) is 13.2. The molecular weight excluding hydrogens is 583 g/mol. The highest BCUT2D eigenvalue weighted by atomic mass is 14.7. The van der Waals surface area contributed by atoms with Crippen LogP contribution in [-0.4, -0.2) is 15.0 Å². The van der Waals surface area contributed by atoms with Crippen molar-refractivity contribution in [1.82, 2.24) is 15.0 Å². The van der Waals surface area contributed by atoms with Gasteiger partial charge in [0.1, 0.15) is 0 Å². The van der Waals surface area contributed by atoms with Crippen LogP contribution in [0.15, 0.2) is 152 Å². The van der Waals surface area contributed by atoms with E-state index in [1.807, 2.05) is 24.5 Å². The predicted molar refractivity (Wildman–Crippen MR) is 196 cm³/mol. The zero-order valence-electron chi connectivity index (χ0n) is 26.8. The van der Waals surface area contributed by atoms with Gasteiger partial charge < -0.3 is 0 Å². The number of rotatable bonds is 5. The molecule has 48 heavy (non-hydrogen) atoms. The Labute approximate surface area is 282 Å². The van der Waals surface area contributed by atoms with Crippen LogP contribution in [0.3, 0.4) is 0 Å². The molecule has 0 bridgehead atoms. The highest BCUT2D eigenvalue weighted by molar-refractivity contribution is 5.89.